The number of carbonyl (C=O) groups excluding carboxylic acids is 1. The number of thioether (sulfide) groups is 1. The molecule has 9 nitrogen and oxygen atoms in total. The minimum absolute atomic E-state index is 0.0602. The number of hydrazone groups is 1. The first-order valence-electron chi connectivity index (χ1n) is 7.58. The van der Waals surface area contributed by atoms with E-state index in [1.54, 1.807) is 20.1 Å². The summed E-state index contributed by atoms with van der Waals surface area (Å²) in [5.74, 6) is 0.237. The van der Waals surface area contributed by atoms with Gasteiger partial charge in [-0.3, -0.25) is 14.2 Å². The van der Waals surface area contributed by atoms with Crippen molar-refractivity contribution in [1.29, 1.82) is 0 Å². The third-order valence-corrected chi connectivity index (χ3v) is 4.40. The molecule has 0 aliphatic heterocycles. The maximum atomic E-state index is 12.0. The molecule has 0 fully saturated rings. The van der Waals surface area contributed by atoms with Crippen molar-refractivity contribution in [2.75, 3.05) is 12.9 Å². The number of amides is 1. The molecule has 1 aromatic heterocycles. The van der Waals surface area contributed by atoms with Crippen LogP contribution in [0.15, 0.2) is 44.0 Å². The van der Waals surface area contributed by atoms with E-state index in [2.05, 4.69) is 15.6 Å². The van der Waals surface area contributed by atoms with E-state index in [0.717, 1.165) is 26.6 Å². The number of rotatable bonds is 6. The number of nitrogens with one attached hydrogen (secondary N) is 1. The third-order valence-electron chi connectivity index (χ3n) is 3.47. The second-order valence-corrected chi connectivity index (χ2v) is 6.29. The molecule has 0 aliphatic rings. The summed E-state index contributed by atoms with van der Waals surface area (Å²) in [7, 11) is 4.37. The van der Waals surface area contributed by atoms with Crippen molar-refractivity contribution in [3.05, 3.63) is 50.7 Å². The normalized spacial score (nSPS) is 11.3. The van der Waals surface area contributed by atoms with Gasteiger partial charge in [0.15, 0.2) is 5.03 Å². The van der Waals surface area contributed by atoms with Crippen molar-refractivity contribution in [3.8, 4) is 5.75 Å². The Labute approximate surface area is 153 Å². The molecule has 1 N–H and O–H groups in total. The van der Waals surface area contributed by atoms with Crippen molar-refractivity contribution in [3.63, 3.8) is 0 Å². The Morgan fingerprint density at radius 3 is 2.77 bits per heavy atom. The van der Waals surface area contributed by atoms with Gasteiger partial charge in [-0.1, -0.05) is 23.9 Å². The summed E-state index contributed by atoms with van der Waals surface area (Å²) >= 11 is 0.940. The highest BCUT2D eigenvalue weighted by Crippen LogP contribution is 2.13. The Hall–Kier alpha value is -2.88. The highest BCUT2D eigenvalue weighted by atomic mass is 32.2. The molecule has 26 heavy (non-hydrogen) atoms. The molecule has 1 heterocycles. The van der Waals surface area contributed by atoms with Crippen LogP contribution in [0.1, 0.15) is 12.5 Å². The van der Waals surface area contributed by atoms with Crippen molar-refractivity contribution in [1.82, 2.24) is 19.8 Å². The second kappa shape index (κ2) is 8.48. The molecule has 0 atom stereocenters. The second-order valence-electron chi connectivity index (χ2n) is 5.33. The van der Waals surface area contributed by atoms with Crippen LogP contribution in [-0.4, -0.2) is 38.8 Å². The number of benzene rings is 1. The number of carbonyl (C=O) groups is 1. The monoisotopic (exact) mass is 377 g/mol. The van der Waals surface area contributed by atoms with Gasteiger partial charge in [-0.15, -0.1) is 0 Å². The molecule has 2 rings (SSSR count). The van der Waals surface area contributed by atoms with Gasteiger partial charge in [-0.05, 0) is 19.1 Å². The Bertz CT molecular complexity index is 964. The minimum Gasteiger partial charge on any atom is -0.497 e. The molecule has 0 bridgehead atoms. The SMILES string of the molecule is COc1cccc(/C(C)=N\NC(=O)CSc2nn(C)c(=O)n(C)c2=O)c1. The molecule has 0 saturated heterocycles. The predicted octanol–water partition coefficient (Wildman–Crippen LogP) is 0.120. The van der Waals surface area contributed by atoms with Gasteiger partial charge >= 0.3 is 5.69 Å². The van der Waals surface area contributed by atoms with Crippen LogP contribution in [0.2, 0.25) is 0 Å². The average Bonchev–Trinajstić information content (AvgIpc) is 2.66. The zero-order valence-electron chi connectivity index (χ0n) is 14.8. The Morgan fingerprint density at radius 2 is 2.08 bits per heavy atom. The van der Waals surface area contributed by atoms with Crippen LogP contribution >= 0.6 is 11.8 Å². The van der Waals surface area contributed by atoms with E-state index in [-0.39, 0.29) is 10.8 Å². The molecule has 1 amide bonds. The summed E-state index contributed by atoms with van der Waals surface area (Å²) in [5, 5.41) is 7.98. The zero-order chi connectivity index (χ0) is 19.3. The average molecular weight is 377 g/mol. The lowest BCUT2D eigenvalue weighted by molar-refractivity contribution is -0.118. The van der Waals surface area contributed by atoms with Gasteiger partial charge in [0.2, 0.25) is 5.91 Å². The number of aromatic nitrogens is 3. The first-order chi connectivity index (χ1) is 12.3. The van der Waals surface area contributed by atoms with Crippen LogP contribution in [0.5, 0.6) is 5.75 Å². The van der Waals surface area contributed by atoms with Crippen molar-refractivity contribution in [2.24, 2.45) is 19.2 Å². The molecule has 0 aliphatic carbocycles. The summed E-state index contributed by atoms with van der Waals surface area (Å²) in [6.45, 7) is 1.76. The Balaban J connectivity index is 2.01. The summed E-state index contributed by atoms with van der Waals surface area (Å²) < 4.78 is 7.14. The molecule has 1 aromatic carbocycles. The Morgan fingerprint density at radius 1 is 1.35 bits per heavy atom. The lowest BCUT2D eigenvalue weighted by atomic mass is 10.1. The standard InChI is InChI=1S/C16H19N5O4S/c1-10(11-6-5-7-12(8-11)25-4)17-18-13(22)9-26-14-15(23)20(2)16(24)21(3)19-14/h5-8H,9H2,1-4H3,(H,18,22)/b17-10-. The van der Waals surface area contributed by atoms with Crippen molar-refractivity contribution >= 4 is 23.4 Å². The fraction of sp³-hybridized carbons (Fsp3) is 0.312. The lowest BCUT2D eigenvalue weighted by Crippen LogP contribution is -2.39. The van der Waals surface area contributed by atoms with E-state index in [4.69, 9.17) is 4.74 Å². The number of methoxy groups -OCH3 is 1. The van der Waals surface area contributed by atoms with Gasteiger partial charge in [-0.25, -0.2) is 14.9 Å². The summed E-state index contributed by atoms with van der Waals surface area (Å²) in [6.07, 6.45) is 0. The van der Waals surface area contributed by atoms with E-state index in [1.165, 1.54) is 14.1 Å². The molecule has 0 radical (unpaired) electrons. The van der Waals surface area contributed by atoms with Crippen LogP contribution in [-0.2, 0) is 18.9 Å². The lowest BCUT2D eigenvalue weighted by Gasteiger charge is -2.06. The van der Waals surface area contributed by atoms with Gasteiger partial charge < -0.3 is 4.74 Å². The van der Waals surface area contributed by atoms with E-state index in [9.17, 15) is 14.4 Å². The maximum absolute atomic E-state index is 12.0. The smallest absolute Gasteiger partial charge is 0.346 e. The highest BCUT2D eigenvalue weighted by Gasteiger charge is 2.11. The quantitative estimate of drug-likeness (QED) is 0.435. The molecule has 0 saturated carbocycles. The van der Waals surface area contributed by atoms with Gasteiger partial charge in [-0.2, -0.15) is 10.2 Å². The fourth-order valence-electron chi connectivity index (χ4n) is 1.98. The minimum atomic E-state index is -0.540. The van der Waals surface area contributed by atoms with Gasteiger partial charge in [0.05, 0.1) is 18.6 Å². The van der Waals surface area contributed by atoms with Crippen LogP contribution in [0.25, 0.3) is 0 Å². The molecule has 0 spiro atoms. The first-order valence-corrected chi connectivity index (χ1v) is 8.56. The van der Waals surface area contributed by atoms with E-state index in [1.807, 2.05) is 18.2 Å². The maximum Gasteiger partial charge on any atom is 0.346 e. The molecule has 0 unspecified atom stereocenters. The summed E-state index contributed by atoms with van der Waals surface area (Å²) in [5.41, 5.74) is 2.79. The van der Waals surface area contributed by atoms with Crippen LogP contribution in [0.4, 0.5) is 0 Å². The molecule has 138 valence electrons. The van der Waals surface area contributed by atoms with Crippen LogP contribution < -0.4 is 21.4 Å². The van der Waals surface area contributed by atoms with Crippen molar-refractivity contribution < 1.29 is 9.53 Å². The van der Waals surface area contributed by atoms with Crippen LogP contribution in [0.3, 0.4) is 0 Å². The first kappa shape index (κ1) is 19.4. The summed E-state index contributed by atoms with van der Waals surface area (Å²) in [4.78, 5) is 35.5. The van der Waals surface area contributed by atoms with Crippen molar-refractivity contribution in [2.45, 2.75) is 11.9 Å². The van der Waals surface area contributed by atoms with E-state index in [0.29, 0.717) is 11.5 Å². The number of hydrogen-bond donors (Lipinski definition) is 1. The summed E-state index contributed by atoms with van der Waals surface area (Å²) in [6, 6.07) is 7.29. The topological polar surface area (TPSA) is 108 Å². The number of nitrogens with zero attached hydrogens (tertiary/aromatic N) is 4. The molecule has 10 heteroatoms. The van der Waals surface area contributed by atoms with E-state index < -0.39 is 17.2 Å². The number of hydrogen-bond acceptors (Lipinski definition) is 7. The Kier molecular flexibility index (Phi) is 6.34. The highest BCUT2D eigenvalue weighted by molar-refractivity contribution is 7.99. The third kappa shape index (κ3) is 4.60. The zero-order valence-corrected chi connectivity index (χ0v) is 15.7. The fourth-order valence-corrected chi connectivity index (χ4v) is 2.76. The van der Waals surface area contributed by atoms with Crippen LogP contribution in [0, 0.1) is 0 Å². The number of ether oxygens (including phenoxy) is 1. The van der Waals surface area contributed by atoms with Gasteiger partial charge in [0.25, 0.3) is 5.56 Å². The van der Waals surface area contributed by atoms with Gasteiger partial charge in [0, 0.05) is 19.7 Å². The number of aryl methyl sites for hydroxylation is 1. The molecular weight excluding hydrogens is 358 g/mol. The predicted molar refractivity (Wildman–Crippen MR) is 98.8 cm³/mol. The van der Waals surface area contributed by atoms with Gasteiger partial charge in [0.1, 0.15) is 5.75 Å². The molecular formula is C16H19N5O4S. The largest absolute Gasteiger partial charge is 0.497 e. The van der Waals surface area contributed by atoms with E-state index >= 15 is 0 Å². The molecule has 2 aromatic rings.